The normalized spacial score (nSPS) is 13.0. The molecule has 1 aromatic rings. The van der Waals surface area contributed by atoms with Crippen LogP contribution in [0.5, 0.6) is 0 Å². The van der Waals surface area contributed by atoms with E-state index in [0.717, 1.165) is 11.5 Å². The van der Waals surface area contributed by atoms with Crippen molar-refractivity contribution in [1.29, 1.82) is 0 Å². The Morgan fingerprint density at radius 1 is 1.38 bits per heavy atom. The first-order chi connectivity index (χ1) is 7.22. The first-order valence-corrected chi connectivity index (χ1v) is 7.07. The van der Waals surface area contributed by atoms with Crippen LogP contribution in [0.4, 0.5) is 0 Å². The number of sulfone groups is 1. The average Bonchev–Trinajstić information content (AvgIpc) is 2.49. The van der Waals surface area contributed by atoms with E-state index in [9.17, 15) is 8.42 Å². The maximum Gasteiger partial charge on any atom is 0.153 e. The maximum atomic E-state index is 11.4. The molecule has 0 aliphatic heterocycles. The predicted octanol–water partition coefficient (Wildman–Crippen LogP) is 1.50. The number of aryl methyl sites for hydroxylation is 1. The molecule has 0 aromatic carbocycles. The van der Waals surface area contributed by atoms with E-state index >= 15 is 0 Å². The lowest BCUT2D eigenvalue weighted by atomic mass is 10.2. The van der Waals surface area contributed by atoms with Gasteiger partial charge in [0.2, 0.25) is 0 Å². The molecular weight excluding hydrogens is 226 g/mol. The molecule has 1 rings (SSSR count). The molecule has 0 aliphatic carbocycles. The minimum atomic E-state index is -3.04. The summed E-state index contributed by atoms with van der Waals surface area (Å²) in [5.74, 6) is 1.68. The maximum absolute atomic E-state index is 11.4. The van der Waals surface area contributed by atoms with Gasteiger partial charge in [-0.3, -0.25) is 0 Å². The van der Waals surface area contributed by atoms with Crippen molar-refractivity contribution in [3.8, 4) is 0 Å². The van der Waals surface area contributed by atoms with Crippen molar-refractivity contribution in [2.75, 3.05) is 12.8 Å². The third-order valence-corrected chi connectivity index (χ3v) is 4.80. The molecule has 16 heavy (non-hydrogen) atoms. The van der Waals surface area contributed by atoms with E-state index in [1.807, 2.05) is 19.1 Å². The average molecular weight is 245 g/mol. The van der Waals surface area contributed by atoms with E-state index in [4.69, 9.17) is 4.42 Å². The van der Waals surface area contributed by atoms with Crippen LogP contribution in [-0.2, 0) is 16.4 Å². The van der Waals surface area contributed by atoms with Gasteiger partial charge in [0.15, 0.2) is 9.84 Å². The standard InChI is InChI=1S/C11H19NO3S/c1-9-5-6-10(15-9)7-12-8-11(2,3)16(4,13)14/h5-6,12H,7-8H2,1-4H3. The lowest BCUT2D eigenvalue weighted by molar-refractivity contribution is 0.448. The first kappa shape index (κ1) is 13.3. The molecular formula is C11H19NO3S. The largest absolute Gasteiger partial charge is 0.465 e. The first-order valence-electron chi connectivity index (χ1n) is 5.18. The van der Waals surface area contributed by atoms with Gasteiger partial charge in [-0.2, -0.15) is 0 Å². The van der Waals surface area contributed by atoms with Crippen LogP contribution in [0.25, 0.3) is 0 Å². The van der Waals surface area contributed by atoms with Gasteiger partial charge in [0.05, 0.1) is 11.3 Å². The minimum Gasteiger partial charge on any atom is -0.465 e. The van der Waals surface area contributed by atoms with Crippen LogP contribution < -0.4 is 5.32 Å². The Labute approximate surface area is 97.0 Å². The smallest absolute Gasteiger partial charge is 0.153 e. The second kappa shape index (κ2) is 4.59. The molecule has 92 valence electrons. The van der Waals surface area contributed by atoms with Crippen molar-refractivity contribution >= 4 is 9.84 Å². The molecule has 0 saturated heterocycles. The molecule has 1 aromatic heterocycles. The van der Waals surface area contributed by atoms with E-state index in [1.54, 1.807) is 13.8 Å². The molecule has 0 fully saturated rings. The Kier molecular flexibility index (Phi) is 3.80. The van der Waals surface area contributed by atoms with Gasteiger partial charge in [0.25, 0.3) is 0 Å². The number of hydrogen-bond acceptors (Lipinski definition) is 4. The number of furan rings is 1. The van der Waals surface area contributed by atoms with Gasteiger partial charge in [0, 0.05) is 12.8 Å². The van der Waals surface area contributed by atoms with Gasteiger partial charge in [-0.25, -0.2) is 8.42 Å². The summed E-state index contributed by atoms with van der Waals surface area (Å²) in [5, 5.41) is 3.09. The van der Waals surface area contributed by atoms with Crippen molar-refractivity contribution in [2.45, 2.75) is 32.1 Å². The van der Waals surface area contributed by atoms with E-state index < -0.39 is 14.6 Å². The number of hydrogen-bond donors (Lipinski definition) is 1. The third-order valence-electron chi connectivity index (χ3n) is 2.65. The Hall–Kier alpha value is -0.810. The molecule has 0 bridgehead atoms. The second-order valence-corrected chi connectivity index (χ2v) is 7.30. The Morgan fingerprint density at radius 2 is 2.00 bits per heavy atom. The SMILES string of the molecule is Cc1ccc(CNCC(C)(C)S(C)(=O)=O)o1. The highest BCUT2D eigenvalue weighted by molar-refractivity contribution is 7.92. The van der Waals surface area contributed by atoms with Crippen LogP contribution >= 0.6 is 0 Å². The summed E-state index contributed by atoms with van der Waals surface area (Å²) in [7, 11) is -3.04. The van der Waals surface area contributed by atoms with Crippen molar-refractivity contribution < 1.29 is 12.8 Å². The highest BCUT2D eigenvalue weighted by atomic mass is 32.2. The summed E-state index contributed by atoms with van der Waals surface area (Å²) in [6.45, 7) is 6.26. The Morgan fingerprint density at radius 3 is 2.44 bits per heavy atom. The van der Waals surface area contributed by atoms with Crippen molar-refractivity contribution in [3.05, 3.63) is 23.7 Å². The number of rotatable bonds is 5. The fourth-order valence-corrected chi connectivity index (χ4v) is 1.56. The molecule has 0 unspecified atom stereocenters. The summed E-state index contributed by atoms with van der Waals surface area (Å²) < 4.78 is 27.5. The zero-order valence-electron chi connectivity index (χ0n) is 10.2. The molecule has 0 radical (unpaired) electrons. The van der Waals surface area contributed by atoms with E-state index in [-0.39, 0.29) is 0 Å². The quantitative estimate of drug-likeness (QED) is 0.854. The van der Waals surface area contributed by atoms with Crippen LogP contribution in [0.2, 0.25) is 0 Å². The Balaban J connectivity index is 2.48. The zero-order chi connectivity index (χ0) is 12.4. The lowest BCUT2D eigenvalue weighted by Gasteiger charge is -2.22. The second-order valence-electron chi connectivity index (χ2n) is 4.65. The molecule has 0 spiro atoms. The van der Waals surface area contributed by atoms with E-state index in [2.05, 4.69) is 5.32 Å². The molecule has 0 amide bonds. The summed E-state index contributed by atoms with van der Waals surface area (Å²) in [5.41, 5.74) is 0. The summed E-state index contributed by atoms with van der Waals surface area (Å²) in [4.78, 5) is 0. The van der Waals surface area contributed by atoms with Crippen molar-refractivity contribution in [3.63, 3.8) is 0 Å². The van der Waals surface area contributed by atoms with E-state index in [0.29, 0.717) is 13.1 Å². The van der Waals surface area contributed by atoms with Gasteiger partial charge in [-0.15, -0.1) is 0 Å². The Bertz CT molecular complexity index is 446. The highest BCUT2D eigenvalue weighted by Crippen LogP contribution is 2.14. The van der Waals surface area contributed by atoms with Gasteiger partial charge < -0.3 is 9.73 Å². The third kappa shape index (κ3) is 3.35. The molecule has 0 aliphatic rings. The highest BCUT2D eigenvalue weighted by Gasteiger charge is 2.29. The monoisotopic (exact) mass is 245 g/mol. The van der Waals surface area contributed by atoms with E-state index in [1.165, 1.54) is 6.26 Å². The van der Waals surface area contributed by atoms with Crippen molar-refractivity contribution in [1.82, 2.24) is 5.32 Å². The topological polar surface area (TPSA) is 59.3 Å². The van der Waals surface area contributed by atoms with Crippen LogP contribution in [0.1, 0.15) is 25.4 Å². The fraction of sp³-hybridized carbons (Fsp3) is 0.636. The van der Waals surface area contributed by atoms with Crippen LogP contribution in [0.15, 0.2) is 16.5 Å². The van der Waals surface area contributed by atoms with Gasteiger partial charge in [-0.1, -0.05) is 0 Å². The molecule has 5 heteroatoms. The number of nitrogens with one attached hydrogen (secondary N) is 1. The van der Waals surface area contributed by atoms with Crippen LogP contribution in [-0.4, -0.2) is 26.0 Å². The van der Waals surface area contributed by atoms with Crippen LogP contribution in [0, 0.1) is 6.92 Å². The predicted molar refractivity (Wildman–Crippen MR) is 64.1 cm³/mol. The zero-order valence-corrected chi connectivity index (χ0v) is 11.0. The summed E-state index contributed by atoms with van der Waals surface area (Å²) in [6, 6.07) is 3.77. The minimum absolute atomic E-state index is 0.408. The van der Waals surface area contributed by atoms with Gasteiger partial charge >= 0.3 is 0 Å². The fourth-order valence-electron chi connectivity index (χ4n) is 1.20. The van der Waals surface area contributed by atoms with Gasteiger partial charge in [-0.05, 0) is 32.9 Å². The molecule has 0 atom stereocenters. The molecule has 0 saturated carbocycles. The molecule has 1 heterocycles. The summed E-state index contributed by atoms with van der Waals surface area (Å²) in [6.07, 6.45) is 1.26. The summed E-state index contributed by atoms with van der Waals surface area (Å²) >= 11 is 0. The van der Waals surface area contributed by atoms with Crippen LogP contribution in [0.3, 0.4) is 0 Å². The van der Waals surface area contributed by atoms with Crippen molar-refractivity contribution in [2.24, 2.45) is 0 Å². The molecule has 4 nitrogen and oxygen atoms in total. The molecule has 1 N–H and O–H groups in total. The van der Waals surface area contributed by atoms with Gasteiger partial charge in [0.1, 0.15) is 11.5 Å². The lowest BCUT2D eigenvalue weighted by Crippen LogP contribution is -2.41.